The first-order valence-electron chi connectivity index (χ1n) is 5.69. The number of thioether (sulfide) groups is 1. The van der Waals surface area contributed by atoms with Crippen LogP contribution < -0.4 is 5.32 Å². The van der Waals surface area contributed by atoms with E-state index in [-0.39, 0.29) is 5.54 Å². The smallest absolute Gasteiger partial charge is 0.161 e. The maximum Gasteiger partial charge on any atom is 0.161 e. The molecule has 0 amide bonds. The van der Waals surface area contributed by atoms with Crippen molar-refractivity contribution >= 4 is 22.6 Å². The number of nitrogens with one attached hydrogen (secondary N) is 1. The second-order valence-corrected chi connectivity index (χ2v) is 5.84. The molecule has 0 saturated carbocycles. The molecule has 0 bridgehead atoms. The number of halogens is 1. The van der Waals surface area contributed by atoms with Crippen molar-refractivity contribution in [3.63, 3.8) is 0 Å². The van der Waals surface area contributed by atoms with Crippen molar-refractivity contribution in [2.75, 3.05) is 11.1 Å². The molecular weight excluding hydrogens is 249 g/mol. The molecule has 0 atom stereocenters. The van der Waals surface area contributed by atoms with E-state index in [1.807, 2.05) is 6.07 Å². The van der Waals surface area contributed by atoms with Gasteiger partial charge in [-0.15, -0.1) is 0 Å². The first kappa shape index (κ1) is 12.9. The van der Waals surface area contributed by atoms with Gasteiger partial charge in [-0.2, -0.15) is 5.26 Å². The van der Waals surface area contributed by atoms with Crippen LogP contribution in [0.4, 0.5) is 10.1 Å². The minimum Gasteiger partial charge on any atom is -0.333 e. The number of nitrogens with zero attached hydrogens (tertiary/aromatic N) is 2. The maximum atomic E-state index is 13.7. The predicted octanol–water partition coefficient (Wildman–Crippen LogP) is 3.38. The number of nitriles is 1. The van der Waals surface area contributed by atoms with E-state index in [9.17, 15) is 4.39 Å². The van der Waals surface area contributed by atoms with Crippen LogP contribution in [0.15, 0.2) is 23.2 Å². The number of anilines is 1. The summed E-state index contributed by atoms with van der Waals surface area (Å²) in [6, 6.07) is 6.29. The Hall–Kier alpha value is -1.54. The molecule has 1 aliphatic rings. The molecule has 3 nitrogen and oxygen atoms in total. The molecule has 0 radical (unpaired) electrons. The summed E-state index contributed by atoms with van der Waals surface area (Å²) < 4.78 is 13.7. The first-order chi connectivity index (χ1) is 8.50. The normalized spacial score (nSPS) is 17.8. The van der Waals surface area contributed by atoms with Gasteiger partial charge in [0, 0.05) is 5.75 Å². The van der Waals surface area contributed by atoms with Crippen LogP contribution in [0.2, 0.25) is 0 Å². The van der Waals surface area contributed by atoms with Crippen LogP contribution in [0, 0.1) is 17.1 Å². The minimum atomic E-state index is -0.430. The molecule has 0 saturated heterocycles. The lowest BCUT2D eigenvalue weighted by Gasteiger charge is -2.26. The van der Waals surface area contributed by atoms with E-state index < -0.39 is 5.82 Å². The Bertz CT molecular complexity index is 532. The summed E-state index contributed by atoms with van der Waals surface area (Å²) in [5, 5.41) is 12.4. The highest BCUT2D eigenvalue weighted by Crippen LogP contribution is 2.27. The van der Waals surface area contributed by atoms with Gasteiger partial charge in [-0.3, -0.25) is 4.99 Å². The summed E-state index contributed by atoms with van der Waals surface area (Å²) in [5.74, 6) is 0.539. The van der Waals surface area contributed by atoms with E-state index >= 15 is 0 Å². The zero-order valence-electron chi connectivity index (χ0n) is 10.3. The number of aliphatic imine (C=N–C) groups is 1. The summed E-state index contributed by atoms with van der Waals surface area (Å²) >= 11 is 1.59. The van der Waals surface area contributed by atoms with E-state index in [4.69, 9.17) is 5.26 Å². The fourth-order valence-corrected chi connectivity index (χ4v) is 2.91. The van der Waals surface area contributed by atoms with Crippen LogP contribution in [-0.2, 0) is 0 Å². The van der Waals surface area contributed by atoms with Gasteiger partial charge in [0.05, 0.1) is 22.9 Å². The van der Waals surface area contributed by atoms with Gasteiger partial charge in [0.1, 0.15) is 5.82 Å². The van der Waals surface area contributed by atoms with Crippen molar-refractivity contribution in [3.05, 3.63) is 29.6 Å². The molecular formula is C13H14FN3S. The van der Waals surface area contributed by atoms with E-state index in [1.165, 1.54) is 6.07 Å². The molecule has 1 aromatic carbocycles. The molecule has 1 aromatic rings. The molecule has 0 aromatic heterocycles. The van der Waals surface area contributed by atoms with Crippen LogP contribution in [0.3, 0.4) is 0 Å². The highest BCUT2D eigenvalue weighted by Gasteiger charge is 2.22. The van der Waals surface area contributed by atoms with Crippen LogP contribution in [0.5, 0.6) is 0 Å². The highest BCUT2D eigenvalue weighted by atomic mass is 32.2. The van der Waals surface area contributed by atoms with Gasteiger partial charge < -0.3 is 5.32 Å². The van der Waals surface area contributed by atoms with Gasteiger partial charge in [-0.05, 0) is 38.5 Å². The van der Waals surface area contributed by atoms with Crippen molar-refractivity contribution in [2.24, 2.45) is 4.99 Å². The Balaban J connectivity index is 2.20. The van der Waals surface area contributed by atoms with E-state index in [1.54, 1.807) is 23.9 Å². The zero-order valence-corrected chi connectivity index (χ0v) is 11.1. The molecule has 1 N–H and O–H groups in total. The van der Waals surface area contributed by atoms with Crippen molar-refractivity contribution < 1.29 is 4.39 Å². The molecule has 2 rings (SSSR count). The predicted molar refractivity (Wildman–Crippen MR) is 73.3 cm³/mol. The lowest BCUT2D eigenvalue weighted by Crippen LogP contribution is -2.27. The topological polar surface area (TPSA) is 48.2 Å². The summed E-state index contributed by atoms with van der Waals surface area (Å²) in [7, 11) is 0. The molecule has 0 aliphatic carbocycles. The van der Waals surface area contributed by atoms with E-state index in [0.29, 0.717) is 11.3 Å². The molecule has 18 heavy (non-hydrogen) atoms. The second-order valence-electron chi connectivity index (χ2n) is 4.76. The van der Waals surface area contributed by atoms with Crippen molar-refractivity contribution in [3.8, 4) is 6.07 Å². The van der Waals surface area contributed by atoms with Gasteiger partial charge in [-0.1, -0.05) is 11.8 Å². The molecule has 1 aliphatic heterocycles. The first-order valence-corrected chi connectivity index (χ1v) is 6.68. The van der Waals surface area contributed by atoms with Gasteiger partial charge in [0.25, 0.3) is 0 Å². The van der Waals surface area contributed by atoms with Crippen molar-refractivity contribution in [1.82, 2.24) is 0 Å². The van der Waals surface area contributed by atoms with Crippen LogP contribution in [0.1, 0.15) is 25.8 Å². The fraction of sp³-hybridized carbons (Fsp3) is 0.385. The SMILES string of the molecule is CC1(C)CCSC(Nc2ccc(C#N)cc2F)=N1. The van der Waals surface area contributed by atoms with Gasteiger partial charge >= 0.3 is 0 Å². The van der Waals surface area contributed by atoms with Gasteiger partial charge in [-0.25, -0.2) is 4.39 Å². The monoisotopic (exact) mass is 263 g/mol. The second kappa shape index (κ2) is 4.99. The zero-order chi connectivity index (χ0) is 13.2. The standard InChI is InChI=1S/C13H14FN3S/c1-13(2)5-6-18-12(17-13)16-11-4-3-9(8-15)7-10(11)14/h3-4,7H,5-6H2,1-2H3,(H,16,17). The average Bonchev–Trinajstić information content (AvgIpc) is 2.30. The molecule has 94 valence electrons. The highest BCUT2D eigenvalue weighted by molar-refractivity contribution is 8.14. The van der Waals surface area contributed by atoms with Gasteiger partial charge in [0.15, 0.2) is 5.17 Å². The Labute approximate surface area is 110 Å². The van der Waals surface area contributed by atoms with E-state index in [2.05, 4.69) is 24.2 Å². The summed E-state index contributed by atoms with van der Waals surface area (Å²) in [5.41, 5.74) is 0.575. The summed E-state index contributed by atoms with van der Waals surface area (Å²) in [6.07, 6.45) is 1.01. The van der Waals surface area contributed by atoms with Crippen LogP contribution >= 0.6 is 11.8 Å². The maximum absolute atomic E-state index is 13.7. The largest absolute Gasteiger partial charge is 0.333 e. The molecule has 1 heterocycles. The average molecular weight is 263 g/mol. The lowest BCUT2D eigenvalue weighted by molar-refractivity contribution is 0.507. The number of amidine groups is 1. The van der Waals surface area contributed by atoms with Crippen LogP contribution in [-0.4, -0.2) is 16.5 Å². The van der Waals surface area contributed by atoms with E-state index in [0.717, 1.165) is 17.3 Å². The number of rotatable bonds is 1. The molecule has 0 unspecified atom stereocenters. The third-order valence-electron chi connectivity index (χ3n) is 2.70. The summed E-state index contributed by atoms with van der Waals surface area (Å²) in [4.78, 5) is 4.53. The quantitative estimate of drug-likeness (QED) is 0.845. The minimum absolute atomic E-state index is 0.101. The van der Waals surface area contributed by atoms with Crippen LogP contribution in [0.25, 0.3) is 0 Å². The molecule has 0 fully saturated rings. The molecule has 5 heteroatoms. The van der Waals surface area contributed by atoms with Crippen molar-refractivity contribution in [2.45, 2.75) is 25.8 Å². The third kappa shape index (κ3) is 3.02. The number of hydrogen-bond donors (Lipinski definition) is 1. The Kier molecular flexibility index (Phi) is 3.58. The Morgan fingerprint density at radius 1 is 1.50 bits per heavy atom. The number of hydrogen-bond acceptors (Lipinski definition) is 4. The lowest BCUT2D eigenvalue weighted by atomic mass is 10.0. The van der Waals surface area contributed by atoms with Crippen molar-refractivity contribution in [1.29, 1.82) is 5.26 Å². The molecule has 0 spiro atoms. The third-order valence-corrected chi connectivity index (χ3v) is 3.57. The Morgan fingerprint density at radius 2 is 2.28 bits per heavy atom. The fourth-order valence-electron chi connectivity index (χ4n) is 1.63. The Morgan fingerprint density at radius 3 is 2.89 bits per heavy atom. The van der Waals surface area contributed by atoms with Gasteiger partial charge in [0.2, 0.25) is 0 Å². The summed E-state index contributed by atoms with van der Waals surface area (Å²) in [6.45, 7) is 4.12. The number of benzene rings is 1.